The van der Waals surface area contributed by atoms with E-state index < -0.39 is 0 Å². The Balaban J connectivity index is 2.10. The molecule has 0 amide bonds. The fraction of sp³-hybridized carbons (Fsp3) is 0.857. The molecule has 108 valence electrons. The van der Waals surface area contributed by atoms with E-state index in [-0.39, 0.29) is 18.1 Å². The van der Waals surface area contributed by atoms with Gasteiger partial charge in [0.25, 0.3) is 0 Å². The van der Waals surface area contributed by atoms with Crippen LogP contribution in [-0.2, 0) is 4.74 Å². The standard InChI is InChI=1S/C14H25N3O2/c1-3-7-12(18-2)13-16-14(19-17-13)10-8-5-4-6-9-11(10)15/h10-12H,3-9,15H2,1-2H3. The molecule has 1 aliphatic carbocycles. The van der Waals surface area contributed by atoms with Gasteiger partial charge in [-0.3, -0.25) is 0 Å². The highest BCUT2D eigenvalue weighted by Gasteiger charge is 2.28. The smallest absolute Gasteiger partial charge is 0.231 e. The summed E-state index contributed by atoms with van der Waals surface area (Å²) in [6.07, 6.45) is 7.62. The zero-order chi connectivity index (χ0) is 13.7. The van der Waals surface area contributed by atoms with Crippen molar-refractivity contribution in [3.8, 4) is 0 Å². The van der Waals surface area contributed by atoms with E-state index >= 15 is 0 Å². The van der Waals surface area contributed by atoms with Gasteiger partial charge < -0.3 is 15.0 Å². The molecule has 1 saturated carbocycles. The van der Waals surface area contributed by atoms with Gasteiger partial charge in [-0.25, -0.2) is 0 Å². The molecule has 1 fully saturated rings. The number of nitrogens with two attached hydrogens (primary N) is 1. The van der Waals surface area contributed by atoms with Crippen molar-refractivity contribution < 1.29 is 9.26 Å². The summed E-state index contributed by atoms with van der Waals surface area (Å²) in [7, 11) is 1.69. The summed E-state index contributed by atoms with van der Waals surface area (Å²) in [5.74, 6) is 1.57. The highest BCUT2D eigenvalue weighted by molar-refractivity contribution is 5.01. The molecule has 1 aromatic heterocycles. The van der Waals surface area contributed by atoms with Crippen LogP contribution >= 0.6 is 0 Å². The summed E-state index contributed by atoms with van der Waals surface area (Å²) in [5, 5.41) is 4.08. The van der Waals surface area contributed by atoms with Gasteiger partial charge in [0, 0.05) is 13.2 Å². The van der Waals surface area contributed by atoms with Crippen molar-refractivity contribution in [2.45, 2.75) is 69.9 Å². The van der Waals surface area contributed by atoms with Crippen LogP contribution in [0.5, 0.6) is 0 Å². The fourth-order valence-corrected chi connectivity index (χ4v) is 2.79. The fourth-order valence-electron chi connectivity index (χ4n) is 2.79. The van der Waals surface area contributed by atoms with Crippen LogP contribution in [0.15, 0.2) is 4.52 Å². The van der Waals surface area contributed by atoms with E-state index in [1.54, 1.807) is 7.11 Å². The van der Waals surface area contributed by atoms with Crippen LogP contribution in [0.3, 0.4) is 0 Å². The Bertz CT molecular complexity index is 381. The van der Waals surface area contributed by atoms with Crippen LogP contribution in [0.2, 0.25) is 0 Å². The molecule has 1 aliphatic rings. The highest BCUT2D eigenvalue weighted by Crippen LogP contribution is 2.31. The number of nitrogens with zero attached hydrogens (tertiary/aromatic N) is 2. The normalized spacial score (nSPS) is 26.1. The first-order valence-corrected chi connectivity index (χ1v) is 7.38. The Labute approximate surface area is 114 Å². The Morgan fingerprint density at radius 2 is 2.16 bits per heavy atom. The summed E-state index contributed by atoms with van der Waals surface area (Å²) in [6.45, 7) is 2.12. The van der Waals surface area contributed by atoms with E-state index in [1.807, 2.05) is 0 Å². The maximum Gasteiger partial charge on any atom is 0.231 e. The minimum absolute atomic E-state index is 0.0653. The first kappa shape index (κ1) is 14.5. The molecule has 2 N–H and O–H groups in total. The van der Waals surface area contributed by atoms with Crippen molar-refractivity contribution >= 4 is 0 Å². The molecule has 0 bridgehead atoms. The van der Waals surface area contributed by atoms with Crippen molar-refractivity contribution in [1.29, 1.82) is 0 Å². The molecule has 2 rings (SSSR count). The second-order valence-corrected chi connectivity index (χ2v) is 5.41. The van der Waals surface area contributed by atoms with E-state index in [0.29, 0.717) is 11.7 Å². The summed E-state index contributed by atoms with van der Waals surface area (Å²) in [5.41, 5.74) is 6.23. The molecule has 5 nitrogen and oxygen atoms in total. The third kappa shape index (κ3) is 3.54. The van der Waals surface area contributed by atoms with Gasteiger partial charge in [0.1, 0.15) is 6.10 Å². The minimum Gasteiger partial charge on any atom is -0.373 e. The van der Waals surface area contributed by atoms with Crippen LogP contribution < -0.4 is 5.73 Å². The Morgan fingerprint density at radius 3 is 2.89 bits per heavy atom. The quantitative estimate of drug-likeness (QED) is 0.830. The van der Waals surface area contributed by atoms with Gasteiger partial charge >= 0.3 is 0 Å². The van der Waals surface area contributed by atoms with Gasteiger partial charge in [0.2, 0.25) is 11.7 Å². The summed E-state index contributed by atoms with van der Waals surface area (Å²) < 4.78 is 10.9. The maximum absolute atomic E-state index is 6.23. The molecule has 19 heavy (non-hydrogen) atoms. The third-order valence-electron chi connectivity index (χ3n) is 3.97. The molecular formula is C14H25N3O2. The number of hydrogen-bond acceptors (Lipinski definition) is 5. The zero-order valence-electron chi connectivity index (χ0n) is 12.0. The van der Waals surface area contributed by atoms with Gasteiger partial charge in [-0.2, -0.15) is 4.98 Å². The predicted octanol–water partition coefficient (Wildman–Crippen LogP) is 2.93. The van der Waals surface area contributed by atoms with E-state index in [4.69, 9.17) is 15.0 Å². The lowest BCUT2D eigenvalue weighted by Gasteiger charge is -2.16. The molecule has 0 radical (unpaired) electrons. The average Bonchev–Trinajstić information content (AvgIpc) is 2.79. The summed E-state index contributed by atoms with van der Waals surface area (Å²) in [4.78, 5) is 4.53. The highest BCUT2D eigenvalue weighted by atomic mass is 16.5. The zero-order valence-corrected chi connectivity index (χ0v) is 12.0. The van der Waals surface area contributed by atoms with Crippen LogP contribution in [0.1, 0.15) is 75.6 Å². The number of ether oxygens (including phenoxy) is 1. The first-order valence-electron chi connectivity index (χ1n) is 7.38. The molecule has 0 aromatic carbocycles. The summed E-state index contributed by atoms with van der Waals surface area (Å²) in [6, 6.07) is 0.142. The van der Waals surface area contributed by atoms with Gasteiger partial charge in [0.15, 0.2) is 0 Å². The van der Waals surface area contributed by atoms with Gasteiger partial charge in [-0.15, -0.1) is 0 Å². The van der Waals surface area contributed by atoms with Crippen LogP contribution in [0, 0.1) is 0 Å². The lowest BCUT2D eigenvalue weighted by molar-refractivity contribution is 0.0854. The van der Waals surface area contributed by atoms with Crippen LogP contribution in [0.25, 0.3) is 0 Å². The van der Waals surface area contributed by atoms with Crippen LogP contribution in [-0.4, -0.2) is 23.3 Å². The maximum atomic E-state index is 6.23. The molecule has 3 atom stereocenters. The Kier molecular flexibility index (Phi) is 5.34. The molecule has 0 aliphatic heterocycles. The Hall–Kier alpha value is -0.940. The van der Waals surface area contributed by atoms with Crippen molar-refractivity contribution in [2.24, 2.45) is 5.73 Å². The number of aromatic nitrogens is 2. The lowest BCUT2D eigenvalue weighted by atomic mass is 9.95. The Morgan fingerprint density at radius 1 is 1.37 bits per heavy atom. The third-order valence-corrected chi connectivity index (χ3v) is 3.97. The van der Waals surface area contributed by atoms with Gasteiger partial charge in [-0.1, -0.05) is 37.8 Å². The summed E-state index contributed by atoms with van der Waals surface area (Å²) >= 11 is 0. The first-order chi connectivity index (χ1) is 9.26. The topological polar surface area (TPSA) is 74.2 Å². The second kappa shape index (κ2) is 7.01. The molecule has 1 heterocycles. The minimum atomic E-state index is -0.0653. The molecule has 1 aromatic rings. The SMILES string of the molecule is CCCC(OC)c1noc(C2CCCCCC2N)n1. The van der Waals surface area contributed by atoms with Crippen molar-refractivity contribution in [3.63, 3.8) is 0 Å². The van der Waals surface area contributed by atoms with E-state index in [2.05, 4.69) is 17.1 Å². The van der Waals surface area contributed by atoms with Crippen molar-refractivity contribution in [2.75, 3.05) is 7.11 Å². The van der Waals surface area contributed by atoms with E-state index in [1.165, 1.54) is 19.3 Å². The monoisotopic (exact) mass is 267 g/mol. The predicted molar refractivity (Wildman–Crippen MR) is 72.8 cm³/mol. The molecule has 0 spiro atoms. The number of hydrogen-bond donors (Lipinski definition) is 1. The van der Waals surface area contributed by atoms with Gasteiger partial charge in [-0.05, 0) is 19.3 Å². The van der Waals surface area contributed by atoms with Crippen molar-refractivity contribution in [1.82, 2.24) is 10.1 Å². The van der Waals surface area contributed by atoms with E-state index in [9.17, 15) is 0 Å². The van der Waals surface area contributed by atoms with Crippen molar-refractivity contribution in [3.05, 3.63) is 11.7 Å². The number of methoxy groups -OCH3 is 1. The lowest BCUT2D eigenvalue weighted by Crippen LogP contribution is -2.27. The molecule has 3 unspecified atom stereocenters. The molecular weight excluding hydrogens is 242 g/mol. The average molecular weight is 267 g/mol. The second-order valence-electron chi connectivity index (χ2n) is 5.41. The molecule has 0 saturated heterocycles. The van der Waals surface area contributed by atoms with E-state index in [0.717, 1.165) is 25.7 Å². The largest absolute Gasteiger partial charge is 0.373 e. The number of rotatable bonds is 5. The van der Waals surface area contributed by atoms with Crippen LogP contribution in [0.4, 0.5) is 0 Å². The van der Waals surface area contributed by atoms with Gasteiger partial charge in [0.05, 0.1) is 5.92 Å². The molecule has 5 heteroatoms.